The summed E-state index contributed by atoms with van der Waals surface area (Å²) in [5.74, 6) is 1.42. The fraction of sp³-hybridized carbons (Fsp3) is 0.625. The van der Waals surface area contributed by atoms with Gasteiger partial charge >= 0.3 is 0 Å². The third-order valence-corrected chi connectivity index (χ3v) is 4.19. The molecule has 1 unspecified atom stereocenters. The van der Waals surface area contributed by atoms with E-state index >= 15 is 0 Å². The van der Waals surface area contributed by atoms with Crippen LogP contribution in [0.25, 0.3) is 0 Å². The highest BCUT2D eigenvalue weighted by atomic mass is 79.9. The molecule has 1 aromatic carbocycles. The van der Waals surface area contributed by atoms with E-state index in [4.69, 9.17) is 0 Å². The highest BCUT2D eigenvalue weighted by molar-refractivity contribution is 9.10. The molecule has 0 saturated heterocycles. The molecule has 0 radical (unpaired) electrons. The van der Waals surface area contributed by atoms with Crippen LogP contribution in [0.3, 0.4) is 0 Å². The number of hydrogen-bond donors (Lipinski definition) is 2. The van der Waals surface area contributed by atoms with E-state index in [2.05, 4.69) is 65.5 Å². The van der Waals surface area contributed by atoms with Crippen molar-refractivity contribution < 1.29 is 0 Å². The Kier molecular flexibility index (Phi) is 7.66. The maximum Gasteiger partial charge on any atom is 0.0178 e. The maximum absolute atomic E-state index is 3.59. The normalized spacial score (nSPS) is 12.9. The molecular weight excluding hydrogens is 300 g/mol. The van der Waals surface area contributed by atoms with Gasteiger partial charge in [-0.1, -0.05) is 35.8 Å². The van der Waals surface area contributed by atoms with Crippen molar-refractivity contribution in [1.82, 2.24) is 10.6 Å². The molecule has 1 atom stereocenters. The molecule has 108 valence electrons. The second-order valence-corrected chi connectivity index (χ2v) is 6.50. The number of aryl methyl sites for hydroxylation is 1. The minimum atomic E-state index is 0.702. The summed E-state index contributed by atoms with van der Waals surface area (Å²) in [7, 11) is 2.03. The Morgan fingerprint density at radius 1 is 1.21 bits per heavy atom. The largest absolute Gasteiger partial charge is 0.319 e. The third kappa shape index (κ3) is 6.07. The first kappa shape index (κ1) is 16.7. The Balaban J connectivity index is 2.35. The van der Waals surface area contributed by atoms with Gasteiger partial charge in [-0.3, -0.25) is 0 Å². The first-order valence-corrected chi connectivity index (χ1v) is 7.94. The summed E-state index contributed by atoms with van der Waals surface area (Å²) in [5, 5.41) is 6.87. The van der Waals surface area contributed by atoms with Gasteiger partial charge in [-0.2, -0.15) is 0 Å². The van der Waals surface area contributed by atoms with Gasteiger partial charge in [0.2, 0.25) is 0 Å². The molecule has 0 fully saturated rings. The Morgan fingerprint density at radius 3 is 2.58 bits per heavy atom. The molecule has 0 aliphatic rings. The van der Waals surface area contributed by atoms with E-state index in [0.29, 0.717) is 11.8 Å². The van der Waals surface area contributed by atoms with Gasteiger partial charge in [0.15, 0.2) is 0 Å². The average Bonchev–Trinajstić information content (AvgIpc) is 2.36. The maximum atomic E-state index is 3.59. The van der Waals surface area contributed by atoms with E-state index < -0.39 is 0 Å². The van der Waals surface area contributed by atoms with Crippen LogP contribution in [0.1, 0.15) is 25.0 Å². The first-order valence-electron chi connectivity index (χ1n) is 7.15. The van der Waals surface area contributed by atoms with Crippen molar-refractivity contribution in [2.24, 2.45) is 11.8 Å². The molecule has 0 aliphatic heterocycles. The van der Waals surface area contributed by atoms with Crippen LogP contribution in [0, 0.1) is 18.8 Å². The lowest BCUT2D eigenvalue weighted by atomic mass is 9.95. The van der Waals surface area contributed by atoms with Crippen molar-refractivity contribution in [2.45, 2.75) is 27.2 Å². The smallest absolute Gasteiger partial charge is 0.0178 e. The zero-order chi connectivity index (χ0) is 14.3. The van der Waals surface area contributed by atoms with Crippen LogP contribution < -0.4 is 10.6 Å². The van der Waals surface area contributed by atoms with E-state index in [9.17, 15) is 0 Å². The fourth-order valence-corrected chi connectivity index (χ4v) is 2.63. The average molecular weight is 327 g/mol. The lowest BCUT2D eigenvalue weighted by molar-refractivity contribution is 0.354. The number of halogens is 1. The van der Waals surface area contributed by atoms with Gasteiger partial charge in [0, 0.05) is 4.47 Å². The van der Waals surface area contributed by atoms with Gasteiger partial charge in [-0.05, 0) is 75.1 Å². The Bertz CT molecular complexity index is 377. The van der Waals surface area contributed by atoms with E-state index in [1.54, 1.807) is 0 Å². The SMILES string of the molecule is CNCC(CNCCc1cc(Br)ccc1C)C(C)C. The van der Waals surface area contributed by atoms with Crippen LogP contribution in [-0.4, -0.2) is 26.7 Å². The van der Waals surface area contributed by atoms with Gasteiger partial charge in [-0.15, -0.1) is 0 Å². The van der Waals surface area contributed by atoms with Crippen molar-refractivity contribution in [3.63, 3.8) is 0 Å². The topological polar surface area (TPSA) is 24.1 Å². The number of hydrogen-bond acceptors (Lipinski definition) is 2. The molecular formula is C16H27BrN2. The van der Waals surface area contributed by atoms with Gasteiger partial charge in [-0.25, -0.2) is 0 Å². The lowest BCUT2D eigenvalue weighted by Gasteiger charge is -2.21. The highest BCUT2D eigenvalue weighted by Crippen LogP contribution is 2.16. The number of rotatable bonds is 8. The van der Waals surface area contributed by atoms with Gasteiger partial charge in [0.1, 0.15) is 0 Å². The van der Waals surface area contributed by atoms with Crippen LogP contribution in [0.15, 0.2) is 22.7 Å². The lowest BCUT2D eigenvalue weighted by Crippen LogP contribution is -2.34. The molecule has 0 aliphatic carbocycles. The van der Waals surface area contributed by atoms with Gasteiger partial charge < -0.3 is 10.6 Å². The number of benzene rings is 1. The standard InChI is InChI=1S/C16H27BrN2/c1-12(2)15(10-18-4)11-19-8-7-14-9-16(17)6-5-13(14)3/h5-6,9,12,15,18-19H,7-8,10-11H2,1-4H3. The third-order valence-electron chi connectivity index (χ3n) is 3.70. The fourth-order valence-electron chi connectivity index (χ4n) is 2.23. The highest BCUT2D eigenvalue weighted by Gasteiger charge is 2.11. The summed E-state index contributed by atoms with van der Waals surface area (Å²) in [6.07, 6.45) is 1.09. The first-order chi connectivity index (χ1) is 9.04. The van der Waals surface area contributed by atoms with Gasteiger partial charge in [0.05, 0.1) is 0 Å². The van der Waals surface area contributed by atoms with Crippen molar-refractivity contribution >= 4 is 15.9 Å². The molecule has 2 N–H and O–H groups in total. The van der Waals surface area contributed by atoms with Crippen molar-refractivity contribution in [1.29, 1.82) is 0 Å². The van der Waals surface area contributed by atoms with Crippen LogP contribution in [0.4, 0.5) is 0 Å². The summed E-state index contributed by atoms with van der Waals surface area (Å²) in [4.78, 5) is 0. The second-order valence-electron chi connectivity index (χ2n) is 5.59. The minimum absolute atomic E-state index is 0.702. The van der Waals surface area contributed by atoms with Crippen LogP contribution in [0.5, 0.6) is 0 Å². The molecule has 0 spiro atoms. The Morgan fingerprint density at radius 2 is 1.95 bits per heavy atom. The molecule has 0 bridgehead atoms. The van der Waals surface area contributed by atoms with Gasteiger partial charge in [0.25, 0.3) is 0 Å². The predicted molar refractivity (Wildman–Crippen MR) is 87.7 cm³/mol. The van der Waals surface area contributed by atoms with Crippen molar-refractivity contribution in [2.75, 3.05) is 26.7 Å². The van der Waals surface area contributed by atoms with E-state index in [1.807, 2.05) is 7.05 Å². The molecule has 0 amide bonds. The van der Waals surface area contributed by atoms with E-state index in [-0.39, 0.29) is 0 Å². The second kappa shape index (κ2) is 8.72. The van der Waals surface area contributed by atoms with Crippen LogP contribution >= 0.6 is 15.9 Å². The van der Waals surface area contributed by atoms with Crippen LogP contribution in [-0.2, 0) is 6.42 Å². The quantitative estimate of drug-likeness (QED) is 0.715. The van der Waals surface area contributed by atoms with Crippen molar-refractivity contribution in [3.05, 3.63) is 33.8 Å². The molecule has 0 aromatic heterocycles. The molecule has 0 heterocycles. The molecule has 0 saturated carbocycles. The molecule has 19 heavy (non-hydrogen) atoms. The summed E-state index contributed by atoms with van der Waals surface area (Å²) in [6.45, 7) is 9.99. The zero-order valence-electron chi connectivity index (χ0n) is 12.6. The summed E-state index contributed by atoms with van der Waals surface area (Å²) in [5.41, 5.74) is 2.80. The predicted octanol–water partition coefficient (Wildman–Crippen LogP) is 3.38. The minimum Gasteiger partial charge on any atom is -0.319 e. The zero-order valence-corrected chi connectivity index (χ0v) is 14.2. The Labute approximate surface area is 126 Å². The molecule has 1 aromatic rings. The monoisotopic (exact) mass is 326 g/mol. The summed E-state index contributed by atoms with van der Waals surface area (Å²) < 4.78 is 1.17. The van der Waals surface area contributed by atoms with E-state index in [0.717, 1.165) is 26.1 Å². The molecule has 3 heteroatoms. The number of nitrogens with one attached hydrogen (secondary N) is 2. The molecule has 2 nitrogen and oxygen atoms in total. The van der Waals surface area contributed by atoms with Crippen molar-refractivity contribution in [3.8, 4) is 0 Å². The van der Waals surface area contributed by atoms with E-state index in [1.165, 1.54) is 15.6 Å². The molecule has 1 rings (SSSR count). The summed E-state index contributed by atoms with van der Waals surface area (Å²) in [6, 6.07) is 6.51. The summed E-state index contributed by atoms with van der Waals surface area (Å²) >= 11 is 3.54. The Hall–Kier alpha value is -0.380. The van der Waals surface area contributed by atoms with Crippen LogP contribution in [0.2, 0.25) is 0 Å².